The Morgan fingerprint density at radius 1 is 0.931 bits per heavy atom. The van der Waals surface area contributed by atoms with E-state index in [2.05, 4.69) is 10.5 Å². The number of hydrogen-bond donors (Lipinski definition) is 1. The van der Waals surface area contributed by atoms with E-state index in [9.17, 15) is 19.7 Å². The van der Waals surface area contributed by atoms with Gasteiger partial charge in [-0.3, -0.25) is 14.9 Å². The highest BCUT2D eigenvalue weighted by Crippen LogP contribution is 2.17. The second-order valence-corrected chi connectivity index (χ2v) is 5.83. The van der Waals surface area contributed by atoms with E-state index in [0.717, 1.165) is 6.07 Å². The van der Waals surface area contributed by atoms with Gasteiger partial charge in [0.1, 0.15) is 5.75 Å². The van der Waals surface area contributed by atoms with E-state index in [-0.39, 0.29) is 22.9 Å². The predicted molar refractivity (Wildman–Crippen MR) is 106 cm³/mol. The quantitative estimate of drug-likeness (QED) is 0.228. The number of nitro benzene ring substituents is 1. The molecule has 0 unspecified atom stereocenters. The maximum absolute atomic E-state index is 12.1. The SMILES string of the molecule is O=C(N/N=C/c1ccc(OC(=O)c2cccc([N+](=O)[O-])c2)cc1)c1ccccc1. The summed E-state index contributed by atoms with van der Waals surface area (Å²) in [4.78, 5) is 34.2. The van der Waals surface area contributed by atoms with Crippen molar-refractivity contribution in [2.45, 2.75) is 0 Å². The maximum atomic E-state index is 12.1. The molecular weight excluding hydrogens is 374 g/mol. The van der Waals surface area contributed by atoms with Gasteiger partial charge in [0.25, 0.3) is 11.6 Å². The third-order valence-electron chi connectivity index (χ3n) is 3.80. The summed E-state index contributed by atoms with van der Waals surface area (Å²) in [6.07, 6.45) is 1.45. The van der Waals surface area contributed by atoms with Gasteiger partial charge >= 0.3 is 5.97 Å². The van der Waals surface area contributed by atoms with Gasteiger partial charge in [-0.25, -0.2) is 10.2 Å². The van der Waals surface area contributed by atoms with Crippen molar-refractivity contribution >= 4 is 23.8 Å². The van der Waals surface area contributed by atoms with Crippen molar-refractivity contribution < 1.29 is 19.2 Å². The number of hydrazone groups is 1. The molecule has 144 valence electrons. The highest BCUT2D eigenvalue weighted by Gasteiger charge is 2.13. The monoisotopic (exact) mass is 389 g/mol. The van der Waals surface area contributed by atoms with Gasteiger partial charge in [-0.05, 0) is 48.0 Å². The van der Waals surface area contributed by atoms with Crippen LogP contribution in [0.3, 0.4) is 0 Å². The average molecular weight is 389 g/mol. The molecule has 3 aromatic rings. The van der Waals surface area contributed by atoms with Crippen LogP contribution in [0.1, 0.15) is 26.3 Å². The third-order valence-corrected chi connectivity index (χ3v) is 3.80. The van der Waals surface area contributed by atoms with Gasteiger partial charge in [0.05, 0.1) is 16.7 Å². The number of carbonyl (C=O) groups is 2. The van der Waals surface area contributed by atoms with Crippen LogP contribution in [0.4, 0.5) is 5.69 Å². The Hall–Kier alpha value is -4.33. The summed E-state index contributed by atoms with van der Waals surface area (Å²) in [5.74, 6) is -0.762. The molecule has 0 spiro atoms. The van der Waals surface area contributed by atoms with Crippen molar-refractivity contribution in [2.24, 2.45) is 5.10 Å². The van der Waals surface area contributed by atoms with E-state index >= 15 is 0 Å². The van der Waals surface area contributed by atoms with E-state index in [1.165, 1.54) is 24.4 Å². The third kappa shape index (κ3) is 5.33. The summed E-state index contributed by atoms with van der Waals surface area (Å²) in [6.45, 7) is 0. The number of rotatable bonds is 6. The number of esters is 1. The molecule has 0 aliphatic carbocycles. The number of ether oxygens (including phenoxy) is 1. The number of nitrogens with one attached hydrogen (secondary N) is 1. The molecule has 0 heterocycles. The second kappa shape index (κ2) is 9.05. The van der Waals surface area contributed by atoms with Gasteiger partial charge in [-0.15, -0.1) is 0 Å². The van der Waals surface area contributed by atoms with E-state index in [0.29, 0.717) is 11.1 Å². The first kappa shape index (κ1) is 19.4. The van der Waals surface area contributed by atoms with Crippen LogP contribution in [0.5, 0.6) is 5.75 Å². The first-order valence-electron chi connectivity index (χ1n) is 8.48. The number of hydrogen-bond acceptors (Lipinski definition) is 6. The van der Waals surface area contributed by atoms with Crippen LogP contribution in [0.15, 0.2) is 84.0 Å². The Morgan fingerprint density at radius 2 is 1.62 bits per heavy atom. The van der Waals surface area contributed by atoms with Crippen LogP contribution < -0.4 is 10.2 Å². The van der Waals surface area contributed by atoms with Gasteiger partial charge < -0.3 is 4.74 Å². The minimum atomic E-state index is -0.703. The fourth-order valence-corrected chi connectivity index (χ4v) is 2.35. The second-order valence-electron chi connectivity index (χ2n) is 5.83. The molecule has 0 bridgehead atoms. The summed E-state index contributed by atoms with van der Waals surface area (Å²) in [7, 11) is 0. The van der Waals surface area contributed by atoms with Crippen molar-refractivity contribution in [1.82, 2.24) is 5.43 Å². The number of benzene rings is 3. The van der Waals surface area contributed by atoms with Crippen LogP contribution in [0.2, 0.25) is 0 Å². The summed E-state index contributed by atoms with van der Waals surface area (Å²) in [5, 5.41) is 14.7. The van der Waals surface area contributed by atoms with Crippen molar-refractivity contribution in [2.75, 3.05) is 0 Å². The summed E-state index contributed by atoms with van der Waals surface area (Å²) < 4.78 is 5.21. The normalized spacial score (nSPS) is 10.5. The van der Waals surface area contributed by atoms with E-state index in [4.69, 9.17) is 4.74 Å². The summed E-state index contributed by atoms with van der Waals surface area (Å²) in [6, 6.07) is 20.4. The van der Waals surface area contributed by atoms with Gasteiger partial charge in [0.2, 0.25) is 0 Å². The first-order valence-corrected chi connectivity index (χ1v) is 8.48. The Labute approximate surface area is 165 Å². The van der Waals surface area contributed by atoms with Crippen LogP contribution in [-0.2, 0) is 0 Å². The number of non-ortho nitro benzene ring substituents is 1. The average Bonchev–Trinajstić information content (AvgIpc) is 2.75. The Kier molecular flexibility index (Phi) is 6.06. The topological polar surface area (TPSA) is 111 Å². The minimum absolute atomic E-state index is 0.0773. The predicted octanol–water partition coefficient (Wildman–Crippen LogP) is 3.58. The van der Waals surface area contributed by atoms with Crippen LogP contribution in [-0.4, -0.2) is 23.0 Å². The van der Waals surface area contributed by atoms with E-state index in [1.807, 2.05) is 6.07 Å². The van der Waals surface area contributed by atoms with Gasteiger partial charge in [-0.2, -0.15) is 5.10 Å². The fourth-order valence-electron chi connectivity index (χ4n) is 2.35. The Morgan fingerprint density at radius 3 is 2.31 bits per heavy atom. The Balaban J connectivity index is 1.58. The molecule has 0 fully saturated rings. The molecule has 1 N–H and O–H groups in total. The lowest BCUT2D eigenvalue weighted by Crippen LogP contribution is -2.17. The van der Waals surface area contributed by atoms with E-state index in [1.54, 1.807) is 48.5 Å². The zero-order valence-corrected chi connectivity index (χ0v) is 15.0. The molecule has 8 nitrogen and oxygen atoms in total. The number of nitro groups is 1. The smallest absolute Gasteiger partial charge is 0.343 e. The lowest BCUT2D eigenvalue weighted by Gasteiger charge is -2.04. The van der Waals surface area contributed by atoms with Crippen molar-refractivity contribution in [3.05, 3.63) is 106 Å². The Bertz CT molecular complexity index is 1060. The van der Waals surface area contributed by atoms with Gasteiger partial charge in [0.15, 0.2) is 0 Å². The summed E-state index contributed by atoms with van der Waals surface area (Å²) >= 11 is 0. The summed E-state index contributed by atoms with van der Waals surface area (Å²) in [5.41, 5.74) is 3.47. The van der Waals surface area contributed by atoms with Gasteiger partial charge in [-0.1, -0.05) is 24.3 Å². The van der Waals surface area contributed by atoms with Gasteiger partial charge in [0, 0.05) is 17.7 Å². The molecule has 0 atom stereocenters. The first-order chi connectivity index (χ1) is 14.0. The molecule has 1 amide bonds. The molecule has 29 heavy (non-hydrogen) atoms. The molecule has 0 aromatic heterocycles. The molecule has 3 rings (SSSR count). The molecule has 0 aliphatic rings. The van der Waals surface area contributed by atoms with Crippen LogP contribution in [0, 0.1) is 10.1 Å². The molecular formula is C21H15N3O5. The highest BCUT2D eigenvalue weighted by atomic mass is 16.6. The van der Waals surface area contributed by atoms with Crippen molar-refractivity contribution in [1.29, 1.82) is 0 Å². The highest BCUT2D eigenvalue weighted by molar-refractivity contribution is 5.95. The largest absolute Gasteiger partial charge is 0.423 e. The van der Waals surface area contributed by atoms with Crippen molar-refractivity contribution in [3.8, 4) is 5.75 Å². The fraction of sp³-hybridized carbons (Fsp3) is 0. The lowest BCUT2D eigenvalue weighted by molar-refractivity contribution is -0.384. The molecule has 0 radical (unpaired) electrons. The van der Waals surface area contributed by atoms with Crippen LogP contribution in [0.25, 0.3) is 0 Å². The number of carbonyl (C=O) groups excluding carboxylic acids is 2. The lowest BCUT2D eigenvalue weighted by atomic mass is 10.2. The molecule has 0 saturated heterocycles. The van der Waals surface area contributed by atoms with Crippen LogP contribution >= 0.6 is 0 Å². The molecule has 8 heteroatoms. The number of amides is 1. The molecule has 3 aromatic carbocycles. The molecule has 0 saturated carbocycles. The molecule has 0 aliphatic heterocycles. The minimum Gasteiger partial charge on any atom is -0.423 e. The van der Waals surface area contributed by atoms with Crippen molar-refractivity contribution in [3.63, 3.8) is 0 Å². The standard InChI is InChI=1S/C21H15N3O5/c25-20(16-5-2-1-3-6-16)23-22-14-15-9-11-19(12-10-15)29-21(26)17-7-4-8-18(13-17)24(27)28/h1-14H,(H,23,25)/b22-14+. The zero-order chi connectivity index (χ0) is 20.6. The van der Waals surface area contributed by atoms with E-state index < -0.39 is 10.9 Å². The zero-order valence-electron chi connectivity index (χ0n) is 15.0. The maximum Gasteiger partial charge on any atom is 0.343 e. The number of nitrogens with zero attached hydrogens (tertiary/aromatic N) is 2.